The average molecular weight is 497 g/mol. The Hall–Kier alpha value is -3.17. The molecule has 1 aromatic heterocycles. The van der Waals surface area contributed by atoms with Crippen molar-refractivity contribution in [1.29, 1.82) is 0 Å². The van der Waals surface area contributed by atoms with Gasteiger partial charge in [-0.25, -0.2) is 13.4 Å². The lowest BCUT2D eigenvalue weighted by atomic mass is 9.96. The number of nitrogens with one attached hydrogen (secondary N) is 1. The van der Waals surface area contributed by atoms with E-state index in [0.717, 1.165) is 16.7 Å². The second-order valence-corrected chi connectivity index (χ2v) is 11.0. The summed E-state index contributed by atoms with van der Waals surface area (Å²) in [6, 6.07) is 12.3. The van der Waals surface area contributed by atoms with Gasteiger partial charge in [-0.3, -0.25) is 4.79 Å². The van der Waals surface area contributed by atoms with Crippen LogP contribution in [0.2, 0.25) is 0 Å². The van der Waals surface area contributed by atoms with Gasteiger partial charge in [-0.15, -0.1) is 0 Å². The second kappa shape index (κ2) is 10.2. The van der Waals surface area contributed by atoms with Gasteiger partial charge in [-0.2, -0.15) is 4.31 Å². The van der Waals surface area contributed by atoms with Gasteiger partial charge in [0.15, 0.2) is 0 Å². The number of aryl methyl sites for hydroxylation is 3. The molecule has 0 radical (unpaired) electrons. The van der Waals surface area contributed by atoms with E-state index in [2.05, 4.69) is 10.3 Å². The van der Waals surface area contributed by atoms with E-state index in [-0.39, 0.29) is 11.8 Å². The van der Waals surface area contributed by atoms with Crippen molar-refractivity contribution in [2.24, 2.45) is 13.0 Å². The molecule has 35 heavy (non-hydrogen) atoms. The van der Waals surface area contributed by atoms with Crippen LogP contribution in [-0.2, 0) is 21.9 Å². The molecule has 0 unspecified atom stereocenters. The number of carbonyl (C=O) groups is 1. The number of amides is 1. The van der Waals surface area contributed by atoms with Gasteiger partial charge in [0.1, 0.15) is 17.6 Å². The molecule has 0 spiro atoms. The van der Waals surface area contributed by atoms with E-state index in [1.165, 1.54) is 4.31 Å². The highest BCUT2D eigenvalue weighted by Crippen LogP contribution is 2.28. The van der Waals surface area contributed by atoms with E-state index in [0.29, 0.717) is 42.4 Å². The van der Waals surface area contributed by atoms with E-state index < -0.39 is 16.1 Å². The normalized spacial score (nSPS) is 16.1. The highest BCUT2D eigenvalue weighted by molar-refractivity contribution is 7.89. The first-order chi connectivity index (χ1) is 16.7. The fourth-order valence-electron chi connectivity index (χ4n) is 4.42. The summed E-state index contributed by atoms with van der Waals surface area (Å²) in [5, 5.41) is 3.15. The van der Waals surface area contributed by atoms with E-state index in [4.69, 9.17) is 4.74 Å². The monoisotopic (exact) mass is 496 g/mol. The van der Waals surface area contributed by atoms with Crippen LogP contribution in [0.15, 0.2) is 59.8 Å². The molecule has 0 saturated carbocycles. The number of nitrogens with zero attached hydrogens (tertiary/aromatic N) is 3. The van der Waals surface area contributed by atoms with Gasteiger partial charge in [0.2, 0.25) is 15.9 Å². The number of hydrogen-bond acceptors (Lipinski definition) is 5. The van der Waals surface area contributed by atoms with Crippen molar-refractivity contribution in [2.45, 2.75) is 37.6 Å². The van der Waals surface area contributed by atoms with Crippen LogP contribution in [0.1, 0.15) is 41.4 Å². The molecule has 1 saturated heterocycles. The molecule has 1 atom stereocenters. The standard InChI is InChI=1S/C26H32N4O4S/c1-18-8-9-23(16-19(18)2)35(32,33)30-13-10-20(11-14-30)26(31)28-24(25-27-12-15-29(25)3)21-6-5-7-22(17-21)34-4/h5-9,12,15-17,20,24H,10-11,13-14H2,1-4H3,(H,28,31)/t24-/m0/s1. The summed E-state index contributed by atoms with van der Waals surface area (Å²) < 4.78 is 35.0. The number of hydrogen-bond donors (Lipinski definition) is 1. The SMILES string of the molecule is COc1cccc([C@H](NC(=O)C2CCN(S(=O)(=O)c3ccc(C)c(C)c3)CC2)c2nccn2C)c1. The Bertz CT molecular complexity index is 1310. The number of ether oxygens (including phenoxy) is 1. The van der Waals surface area contributed by atoms with Crippen LogP contribution >= 0.6 is 0 Å². The molecule has 2 heterocycles. The van der Waals surface area contributed by atoms with Crippen LogP contribution in [-0.4, -0.2) is 48.4 Å². The largest absolute Gasteiger partial charge is 0.497 e. The Morgan fingerprint density at radius 1 is 1.11 bits per heavy atom. The third-order valence-electron chi connectivity index (χ3n) is 6.77. The summed E-state index contributed by atoms with van der Waals surface area (Å²) in [4.78, 5) is 18.1. The van der Waals surface area contributed by atoms with Gasteiger partial charge in [0.25, 0.3) is 0 Å². The number of carbonyl (C=O) groups excluding carboxylic acids is 1. The molecule has 3 aromatic rings. The smallest absolute Gasteiger partial charge is 0.243 e. The van der Waals surface area contributed by atoms with E-state index in [1.807, 2.05) is 62.0 Å². The van der Waals surface area contributed by atoms with Gasteiger partial charge in [0, 0.05) is 38.4 Å². The number of imidazole rings is 1. The maximum atomic E-state index is 13.3. The summed E-state index contributed by atoms with van der Waals surface area (Å²) in [6.45, 7) is 4.48. The molecular weight excluding hydrogens is 464 g/mol. The maximum absolute atomic E-state index is 13.3. The lowest BCUT2D eigenvalue weighted by Gasteiger charge is -2.31. The third kappa shape index (κ3) is 5.26. The van der Waals surface area contributed by atoms with Crippen molar-refractivity contribution >= 4 is 15.9 Å². The van der Waals surface area contributed by atoms with E-state index in [9.17, 15) is 13.2 Å². The highest BCUT2D eigenvalue weighted by Gasteiger charge is 2.33. The third-order valence-corrected chi connectivity index (χ3v) is 8.67. The zero-order chi connectivity index (χ0) is 25.2. The Labute approximate surface area is 207 Å². The molecular formula is C26H32N4O4S. The van der Waals surface area contributed by atoms with Gasteiger partial charge >= 0.3 is 0 Å². The Morgan fingerprint density at radius 2 is 1.86 bits per heavy atom. The topological polar surface area (TPSA) is 93.5 Å². The summed E-state index contributed by atoms with van der Waals surface area (Å²) in [6.07, 6.45) is 4.46. The fourth-order valence-corrected chi connectivity index (χ4v) is 5.97. The van der Waals surface area contributed by atoms with Crippen LogP contribution in [0.4, 0.5) is 0 Å². The number of sulfonamides is 1. The fraction of sp³-hybridized carbons (Fsp3) is 0.385. The molecule has 1 fully saturated rings. The molecule has 186 valence electrons. The van der Waals surface area contributed by atoms with Crippen molar-refractivity contribution in [3.63, 3.8) is 0 Å². The predicted octanol–water partition coefficient (Wildman–Crippen LogP) is 3.35. The maximum Gasteiger partial charge on any atom is 0.243 e. The predicted molar refractivity (Wildman–Crippen MR) is 134 cm³/mol. The molecule has 1 aliphatic rings. The molecule has 0 aliphatic carbocycles. The highest BCUT2D eigenvalue weighted by atomic mass is 32.2. The summed E-state index contributed by atoms with van der Waals surface area (Å²) in [5.41, 5.74) is 2.86. The van der Waals surface area contributed by atoms with Crippen molar-refractivity contribution in [1.82, 2.24) is 19.2 Å². The van der Waals surface area contributed by atoms with Gasteiger partial charge in [0.05, 0.1) is 12.0 Å². The lowest BCUT2D eigenvalue weighted by Crippen LogP contribution is -2.44. The minimum atomic E-state index is -3.59. The Balaban J connectivity index is 1.47. The van der Waals surface area contributed by atoms with Crippen LogP contribution in [0.25, 0.3) is 0 Å². The summed E-state index contributed by atoms with van der Waals surface area (Å²) >= 11 is 0. The van der Waals surface area contributed by atoms with Crippen LogP contribution in [0.5, 0.6) is 5.75 Å². The van der Waals surface area contributed by atoms with Crippen molar-refractivity contribution < 1.29 is 17.9 Å². The first-order valence-corrected chi connectivity index (χ1v) is 13.1. The molecule has 1 amide bonds. The minimum absolute atomic E-state index is 0.107. The van der Waals surface area contributed by atoms with Crippen molar-refractivity contribution in [2.75, 3.05) is 20.2 Å². The van der Waals surface area contributed by atoms with E-state index in [1.54, 1.807) is 25.4 Å². The Morgan fingerprint density at radius 3 is 2.49 bits per heavy atom. The van der Waals surface area contributed by atoms with E-state index >= 15 is 0 Å². The number of piperidine rings is 1. The summed E-state index contributed by atoms with van der Waals surface area (Å²) in [5.74, 6) is 1.01. The zero-order valence-corrected chi connectivity index (χ0v) is 21.4. The van der Waals surface area contributed by atoms with Crippen LogP contribution in [0, 0.1) is 19.8 Å². The second-order valence-electron chi connectivity index (χ2n) is 9.04. The van der Waals surface area contributed by atoms with Crippen LogP contribution in [0.3, 0.4) is 0 Å². The number of methoxy groups -OCH3 is 1. The molecule has 1 aliphatic heterocycles. The Kier molecular flexibility index (Phi) is 7.28. The quantitative estimate of drug-likeness (QED) is 0.542. The van der Waals surface area contributed by atoms with Gasteiger partial charge in [-0.1, -0.05) is 18.2 Å². The molecule has 8 nitrogen and oxygen atoms in total. The van der Waals surface area contributed by atoms with Crippen LogP contribution < -0.4 is 10.1 Å². The first kappa shape index (κ1) is 24.9. The van der Waals surface area contributed by atoms with Gasteiger partial charge in [-0.05, 0) is 67.6 Å². The number of benzene rings is 2. The first-order valence-electron chi connectivity index (χ1n) is 11.7. The number of rotatable bonds is 7. The molecule has 1 N–H and O–H groups in total. The average Bonchev–Trinajstić information content (AvgIpc) is 3.29. The molecule has 0 bridgehead atoms. The molecule has 9 heteroatoms. The summed E-state index contributed by atoms with van der Waals surface area (Å²) in [7, 11) is -0.0998. The van der Waals surface area contributed by atoms with Gasteiger partial charge < -0.3 is 14.6 Å². The molecule has 4 rings (SSSR count). The van der Waals surface area contributed by atoms with Crippen molar-refractivity contribution in [3.05, 3.63) is 77.4 Å². The lowest BCUT2D eigenvalue weighted by molar-refractivity contribution is -0.126. The number of aromatic nitrogens is 2. The molecule has 2 aromatic carbocycles. The zero-order valence-electron chi connectivity index (χ0n) is 20.6. The van der Waals surface area contributed by atoms with Crippen molar-refractivity contribution in [3.8, 4) is 5.75 Å². The minimum Gasteiger partial charge on any atom is -0.497 e.